The molecule has 72 valence electrons. The molecule has 0 aromatic heterocycles. The molecule has 0 bridgehead atoms. The molecule has 1 rings (SSSR count). The van der Waals surface area contributed by atoms with Crippen LogP contribution < -0.4 is 0 Å². The first-order chi connectivity index (χ1) is 5.96. The summed E-state index contributed by atoms with van der Waals surface area (Å²) in [6.45, 7) is 0. The minimum Gasteiger partial charge on any atom is -0.374 e. The Morgan fingerprint density at radius 3 is 2.23 bits per heavy atom. The van der Waals surface area contributed by atoms with E-state index in [0.29, 0.717) is 10.6 Å². The number of aliphatic hydroxyl groups excluding tert-OH is 1. The third kappa shape index (κ3) is 2.42. The zero-order valence-corrected chi connectivity index (χ0v) is 9.37. The van der Waals surface area contributed by atoms with E-state index in [-0.39, 0.29) is 0 Å². The van der Waals surface area contributed by atoms with Gasteiger partial charge in [-0.15, -0.1) is 0 Å². The predicted octanol–water partition coefficient (Wildman–Crippen LogP) is 3.53. The molecule has 0 aliphatic rings. The highest BCUT2D eigenvalue weighted by atomic mass is 35.5. The Hall–Kier alpha value is 0.340. The van der Waals surface area contributed by atoms with Crippen LogP contribution in [0.4, 0.5) is 0 Å². The van der Waals surface area contributed by atoms with E-state index in [0.717, 1.165) is 0 Å². The molecule has 0 aliphatic heterocycles. The van der Waals surface area contributed by atoms with Crippen LogP contribution in [-0.2, 0) is 4.33 Å². The van der Waals surface area contributed by atoms with Gasteiger partial charge in [0.15, 0.2) is 9.90 Å². The van der Waals surface area contributed by atoms with Gasteiger partial charge in [-0.25, -0.2) is 0 Å². The highest BCUT2D eigenvalue weighted by molar-refractivity contribution is 6.52. The molecule has 1 aromatic rings. The van der Waals surface area contributed by atoms with E-state index >= 15 is 0 Å². The fraction of sp³-hybridized carbons (Fsp3) is 0.250. The normalized spacial score (nSPS) is 14.2. The Labute approximate surface area is 96.2 Å². The van der Waals surface area contributed by atoms with Crippen LogP contribution in [0.15, 0.2) is 24.3 Å². The molecule has 0 aliphatic carbocycles. The van der Waals surface area contributed by atoms with Gasteiger partial charge >= 0.3 is 0 Å². The summed E-state index contributed by atoms with van der Waals surface area (Å²) in [4.78, 5) is 0. The number of rotatable bonds is 2. The maximum absolute atomic E-state index is 9.10. The highest BCUT2D eigenvalue weighted by Crippen LogP contribution is 2.42. The van der Waals surface area contributed by atoms with Crippen LogP contribution in [0.2, 0.25) is 5.02 Å². The molecule has 13 heavy (non-hydrogen) atoms. The summed E-state index contributed by atoms with van der Waals surface area (Å²) in [7, 11) is 0. The largest absolute Gasteiger partial charge is 0.374 e. The average molecular weight is 260 g/mol. The van der Waals surface area contributed by atoms with E-state index in [1.165, 1.54) is 0 Å². The summed E-state index contributed by atoms with van der Waals surface area (Å²) in [5.74, 6) is 0. The van der Waals surface area contributed by atoms with E-state index in [1.54, 1.807) is 24.3 Å². The van der Waals surface area contributed by atoms with Gasteiger partial charge in [-0.2, -0.15) is 0 Å². The van der Waals surface area contributed by atoms with Gasteiger partial charge < -0.3 is 5.11 Å². The third-order valence-corrected chi connectivity index (χ3v) is 3.23. The topological polar surface area (TPSA) is 20.2 Å². The molecule has 0 heterocycles. The standard InChI is InChI=1S/C8H6Cl4O/c9-6-4-2-1-3-5(6)8(11,12)7(10)13/h1-4,7,13H. The monoisotopic (exact) mass is 258 g/mol. The van der Waals surface area contributed by atoms with Gasteiger partial charge in [0.25, 0.3) is 0 Å². The van der Waals surface area contributed by atoms with Crippen LogP contribution in [0.1, 0.15) is 5.56 Å². The van der Waals surface area contributed by atoms with Gasteiger partial charge in [-0.3, -0.25) is 0 Å². The Bertz CT molecular complexity index is 298. The number of benzene rings is 1. The Morgan fingerprint density at radius 1 is 1.23 bits per heavy atom. The average Bonchev–Trinajstić information content (AvgIpc) is 2.04. The van der Waals surface area contributed by atoms with E-state index < -0.39 is 9.90 Å². The fourth-order valence-electron chi connectivity index (χ4n) is 0.860. The summed E-state index contributed by atoms with van der Waals surface area (Å²) < 4.78 is -1.58. The minimum absolute atomic E-state index is 0.368. The summed E-state index contributed by atoms with van der Waals surface area (Å²) >= 11 is 22.8. The zero-order valence-electron chi connectivity index (χ0n) is 6.35. The quantitative estimate of drug-likeness (QED) is 0.806. The van der Waals surface area contributed by atoms with Crippen LogP contribution in [0.3, 0.4) is 0 Å². The van der Waals surface area contributed by atoms with Gasteiger partial charge in [0.2, 0.25) is 0 Å². The fourth-order valence-corrected chi connectivity index (χ4v) is 1.69. The predicted molar refractivity (Wildman–Crippen MR) is 56.7 cm³/mol. The van der Waals surface area contributed by atoms with Crippen LogP contribution in [0, 0.1) is 0 Å². The molecule has 1 N–H and O–H groups in total. The molecule has 0 amide bonds. The molecule has 0 saturated heterocycles. The van der Waals surface area contributed by atoms with Crippen molar-refractivity contribution in [3.05, 3.63) is 34.9 Å². The maximum Gasteiger partial charge on any atom is 0.184 e. The van der Waals surface area contributed by atoms with Crippen molar-refractivity contribution in [2.75, 3.05) is 0 Å². The summed E-state index contributed by atoms with van der Waals surface area (Å²) in [6, 6.07) is 6.67. The summed E-state index contributed by atoms with van der Waals surface area (Å²) in [5.41, 5.74) is -1.02. The lowest BCUT2D eigenvalue weighted by Gasteiger charge is -2.22. The molecule has 1 nitrogen and oxygen atoms in total. The molecule has 1 atom stereocenters. The van der Waals surface area contributed by atoms with Crippen LogP contribution in [-0.4, -0.2) is 10.7 Å². The molecular formula is C8H6Cl4O. The van der Waals surface area contributed by atoms with Gasteiger partial charge in [0, 0.05) is 10.6 Å². The zero-order chi connectivity index (χ0) is 10.1. The van der Waals surface area contributed by atoms with Crippen molar-refractivity contribution in [1.82, 2.24) is 0 Å². The molecule has 1 unspecified atom stereocenters. The molecule has 1 aromatic carbocycles. The lowest BCUT2D eigenvalue weighted by molar-refractivity contribution is 0.237. The Kier molecular flexibility index (Phi) is 3.73. The van der Waals surface area contributed by atoms with Crippen molar-refractivity contribution < 1.29 is 5.11 Å². The van der Waals surface area contributed by atoms with Crippen molar-refractivity contribution in [1.29, 1.82) is 0 Å². The molecule has 0 saturated carbocycles. The number of alkyl halides is 3. The molecule has 5 heteroatoms. The second kappa shape index (κ2) is 4.24. The number of aliphatic hydroxyl groups is 1. The minimum atomic E-state index is -1.58. The molecule has 0 spiro atoms. The van der Waals surface area contributed by atoms with E-state index in [2.05, 4.69) is 0 Å². The van der Waals surface area contributed by atoms with Crippen molar-refractivity contribution >= 4 is 46.4 Å². The molecular weight excluding hydrogens is 254 g/mol. The summed E-state index contributed by atoms with van der Waals surface area (Å²) in [6.07, 6.45) is 0. The highest BCUT2D eigenvalue weighted by Gasteiger charge is 2.35. The first-order valence-electron chi connectivity index (χ1n) is 3.41. The van der Waals surface area contributed by atoms with Crippen molar-refractivity contribution in [2.24, 2.45) is 0 Å². The van der Waals surface area contributed by atoms with Crippen LogP contribution in [0.5, 0.6) is 0 Å². The second-order valence-corrected chi connectivity index (χ2v) is 4.65. The van der Waals surface area contributed by atoms with Crippen molar-refractivity contribution in [2.45, 2.75) is 9.90 Å². The molecule has 0 fully saturated rings. The summed E-state index contributed by atoms with van der Waals surface area (Å²) in [5, 5.41) is 9.47. The van der Waals surface area contributed by atoms with E-state index in [9.17, 15) is 0 Å². The number of hydrogen-bond donors (Lipinski definition) is 1. The third-order valence-electron chi connectivity index (χ3n) is 1.53. The van der Waals surface area contributed by atoms with Gasteiger partial charge in [0.05, 0.1) is 0 Å². The number of halogens is 4. The van der Waals surface area contributed by atoms with Crippen molar-refractivity contribution in [3.63, 3.8) is 0 Å². The first kappa shape index (κ1) is 11.4. The van der Waals surface area contributed by atoms with Gasteiger partial charge in [-0.1, -0.05) is 64.6 Å². The van der Waals surface area contributed by atoms with Crippen LogP contribution in [0.25, 0.3) is 0 Å². The first-order valence-corrected chi connectivity index (χ1v) is 4.98. The Morgan fingerprint density at radius 2 is 1.77 bits per heavy atom. The van der Waals surface area contributed by atoms with Crippen molar-refractivity contribution in [3.8, 4) is 0 Å². The van der Waals surface area contributed by atoms with E-state index in [1.807, 2.05) is 0 Å². The lowest BCUT2D eigenvalue weighted by atomic mass is 10.1. The smallest absolute Gasteiger partial charge is 0.184 e. The van der Waals surface area contributed by atoms with E-state index in [4.69, 9.17) is 51.5 Å². The Balaban J connectivity index is 3.14. The number of hydrogen-bond acceptors (Lipinski definition) is 1. The maximum atomic E-state index is 9.10. The SMILES string of the molecule is OC(Cl)C(Cl)(Cl)c1ccccc1Cl. The molecule has 0 radical (unpaired) electrons. The van der Waals surface area contributed by atoms with Crippen LogP contribution >= 0.6 is 46.4 Å². The van der Waals surface area contributed by atoms with Gasteiger partial charge in [-0.05, 0) is 6.07 Å². The van der Waals surface area contributed by atoms with Gasteiger partial charge in [0.1, 0.15) is 0 Å². The second-order valence-electron chi connectivity index (χ2n) is 2.44. The lowest BCUT2D eigenvalue weighted by Crippen LogP contribution is -2.23.